The monoisotopic (exact) mass is 794 g/mol. The Morgan fingerprint density at radius 3 is 2.42 bits per heavy atom. The number of aryl methyl sites for hydroxylation is 1. The summed E-state index contributed by atoms with van der Waals surface area (Å²) in [5, 5.41) is 7.68. The number of rotatable bonds is 9. The molecule has 3 aromatic carbocycles. The van der Waals surface area contributed by atoms with E-state index < -0.39 is 5.25 Å². The molecule has 0 bridgehead atoms. The molecule has 0 radical (unpaired) electrons. The molecule has 1 aliphatic heterocycles. The van der Waals surface area contributed by atoms with Crippen LogP contribution in [0.15, 0.2) is 87.4 Å². The molecule has 4 unspecified atom stereocenters. The first-order valence-electron chi connectivity index (χ1n) is 18.7. The highest BCUT2D eigenvalue weighted by Crippen LogP contribution is 2.46. The normalized spacial score (nSPS) is 20.5. The summed E-state index contributed by atoms with van der Waals surface area (Å²) in [4.78, 5) is 36.6. The molecule has 0 N–H and O–H groups in total. The van der Waals surface area contributed by atoms with E-state index >= 15 is 0 Å². The van der Waals surface area contributed by atoms with Gasteiger partial charge < -0.3 is 14.2 Å². The van der Waals surface area contributed by atoms with Crippen LogP contribution >= 0.6 is 34.7 Å². The average Bonchev–Trinajstić information content (AvgIpc) is 3.77. The third kappa shape index (κ3) is 7.06. The van der Waals surface area contributed by atoms with Crippen LogP contribution in [-0.4, -0.2) is 52.8 Å². The van der Waals surface area contributed by atoms with Crippen LogP contribution in [0.1, 0.15) is 67.1 Å². The Hall–Kier alpha value is -4.58. The Kier molecular flexibility index (Phi) is 10.5. The van der Waals surface area contributed by atoms with Crippen molar-refractivity contribution in [1.82, 2.24) is 14.6 Å². The first-order chi connectivity index (χ1) is 26.7. The number of hydrogen-bond donors (Lipinski definition) is 0. The third-order valence-electron chi connectivity index (χ3n) is 11.0. The van der Waals surface area contributed by atoms with Gasteiger partial charge in [-0.05, 0) is 122 Å². The van der Waals surface area contributed by atoms with Gasteiger partial charge in [-0.3, -0.25) is 14.2 Å². The van der Waals surface area contributed by atoms with E-state index in [1.54, 1.807) is 60.4 Å². The van der Waals surface area contributed by atoms with Gasteiger partial charge in [0.25, 0.3) is 11.5 Å². The number of amides is 1. The third-order valence-corrected chi connectivity index (χ3v) is 13.4. The zero-order valence-electron chi connectivity index (χ0n) is 31.5. The number of benzene rings is 3. The number of halogens is 1. The zero-order valence-corrected chi connectivity index (χ0v) is 33.9. The molecule has 1 saturated carbocycles. The van der Waals surface area contributed by atoms with Gasteiger partial charge in [0.2, 0.25) is 0 Å². The van der Waals surface area contributed by atoms with Gasteiger partial charge in [-0.2, -0.15) is 5.10 Å². The van der Waals surface area contributed by atoms with Crippen molar-refractivity contribution in [2.45, 2.75) is 68.8 Å². The maximum Gasteiger partial charge on any atom is 0.267 e. The van der Waals surface area contributed by atoms with Crippen molar-refractivity contribution in [2.75, 3.05) is 21.3 Å². The van der Waals surface area contributed by atoms with Gasteiger partial charge in [0, 0.05) is 15.8 Å². The fourth-order valence-electron chi connectivity index (χ4n) is 8.11. The maximum atomic E-state index is 14.9. The van der Waals surface area contributed by atoms with Crippen molar-refractivity contribution >= 4 is 62.6 Å². The molecule has 1 fully saturated rings. The number of nitrogens with zero attached hydrogens (tertiary/aromatic N) is 4. The second-order valence-corrected chi connectivity index (χ2v) is 17.3. The highest BCUT2D eigenvalue weighted by molar-refractivity contribution is 8.00. The van der Waals surface area contributed by atoms with E-state index in [-0.39, 0.29) is 23.4 Å². The number of methoxy groups -OCH3 is 3. The smallest absolute Gasteiger partial charge is 0.267 e. The Labute approximate surface area is 334 Å². The lowest BCUT2D eigenvalue weighted by Gasteiger charge is -2.30. The Balaban J connectivity index is 1.21. The van der Waals surface area contributed by atoms with E-state index in [0.717, 1.165) is 78.0 Å². The van der Waals surface area contributed by atoms with Crippen LogP contribution in [0.5, 0.6) is 17.2 Å². The Bertz CT molecular complexity index is 2390. The quantitative estimate of drug-likeness (QED) is 0.108. The molecular weight excluding hydrogens is 752 g/mol. The highest BCUT2D eigenvalue weighted by atomic mass is 35.5. The molecule has 3 aliphatic rings. The van der Waals surface area contributed by atoms with Crippen molar-refractivity contribution < 1.29 is 19.0 Å². The average molecular weight is 795 g/mol. The fourth-order valence-corrected chi connectivity index (χ4v) is 10.7. The molecule has 5 aromatic rings. The van der Waals surface area contributed by atoms with E-state index in [1.807, 2.05) is 55.5 Å². The molecule has 2 aromatic heterocycles. The molecule has 3 heterocycles. The lowest BCUT2D eigenvalue weighted by Crippen LogP contribution is -2.36. The molecular formula is C43H43ClN4O5S2. The molecule has 8 rings (SSSR count). The number of hydrazone groups is 1. The van der Waals surface area contributed by atoms with Crippen molar-refractivity contribution in [3.05, 3.63) is 109 Å². The molecule has 2 aliphatic carbocycles. The minimum atomic E-state index is -0.658. The number of aromatic nitrogens is 2. The molecule has 9 nitrogen and oxygen atoms in total. The molecule has 284 valence electrons. The summed E-state index contributed by atoms with van der Waals surface area (Å²) in [6, 6.07) is 20.8. The minimum Gasteiger partial charge on any atom is -0.497 e. The maximum absolute atomic E-state index is 14.9. The summed E-state index contributed by atoms with van der Waals surface area (Å²) >= 11 is 9.39. The van der Waals surface area contributed by atoms with Gasteiger partial charge in [-0.15, -0.1) is 11.3 Å². The van der Waals surface area contributed by atoms with Gasteiger partial charge in [-0.25, -0.2) is 9.99 Å². The standard InChI is InChI=1S/C43H43ClN4O5S2/c1-24-9-19-32-36(21-24)55-40-37(32)42(50)47(34-23-29(44)14-20-35(34)53-5)43(45-40)54-25(2)41(49)48-39(27-12-17-31(52-4)18-13-27)33-8-6-7-28(38(33)46-48)22-26-10-15-30(51-3)16-11-26/h10-18,20,22-25,33,39H,6-9,19,21H2,1-5H3/b28-22-. The highest BCUT2D eigenvalue weighted by Gasteiger charge is 2.45. The Morgan fingerprint density at radius 2 is 1.71 bits per heavy atom. The Morgan fingerprint density at radius 1 is 0.982 bits per heavy atom. The topological polar surface area (TPSA) is 95.2 Å². The molecule has 0 spiro atoms. The summed E-state index contributed by atoms with van der Waals surface area (Å²) in [6.07, 6.45) is 7.70. The summed E-state index contributed by atoms with van der Waals surface area (Å²) in [5.41, 5.74) is 5.48. The number of thioether (sulfide) groups is 1. The number of hydrogen-bond acceptors (Lipinski definition) is 9. The largest absolute Gasteiger partial charge is 0.497 e. The molecule has 12 heteroatoms. The van der Waals surface area contributed by atoms with Crippen molar-refractivity contribution in [1.29, 1.82) is 0 Å². The minimum absolute atomic E-state index is 0.0102. The predicted molar refractivity (Wildman–Crippen MR) is 222 cm³/mol. The lowest BCUT2D eigenvalue weighted by molar-refractivity contribution is -0.132. The lowest BCUT2D eigenvalue weighted by atomic mass is 9.77. The van der Waals surface area contributed by atoms with Gasteiger partial charge in [0.1, 0.15) is 22.1 Å². The SMILES string of the molecule is COc1ccc(/C=C2/CCCC3C2=NN(C(=O)C(C)Sc2nc4sc5c(c4c(=O)n2-c2cc(Cl)ccc2OC)CCC(C)C5)C3c2ccc(OC)cc2)cc1. The number of allylic oxidation sites excluding steroid dienone is 1. The van der Waals surface area contributed by atoms with Gasteiger partial charge in [0.05, 0.1) is 49.4 Å². The van der Waals surface area contributed by atoms with Gasteiger partial charge in [-0.1, -0.05) is 54.6 Å². The summed E-state index contributed by atoms with van der Waals surface area (Å²) in [5.74, 6) is 2.40. The first-order valence-corrected chi connectivity index (χ1v) is 20.7. The van der Waals surface area contributed by atoms with Crippen LogP contribution in [0, 0.1) is 11.8 Å². The second kappa shape index (κ2) is 15.5. The van der Waals surface area contributed by atoms with Gasteiger partial charge in [0.15, 0.2) is 5.16 Å². The van der Waals surface area contributed by atoms with Crippen LogP contribution < -0.4 is 19.8 Å². The second-order valence-electron chi connectivity index (χ2n) is 14.5. The van der Waals surface area contributed by atoms with E-state index in [1.165, 1.54) is 16.6 Å². The molecule has 55 heavy (non-hydrogen) atoms. The van der Waals surface area contributed by atoms with Crippen LogP contribution in [0.4, 0.5) is 0 Å². The van der Waals surface area contributed by atoms with Crippen LogP contribution in [0.3, 0.4) is 0 Å². The van der Waals surface area contributed by atoms with Crippen molar-refractivity contribution in [3.63, 3.8) is 0 Å². The van der Waals surface area contributed by atoms with E-state index in [0.29, 0.717) is 37.8 Å². The number of carbonyl (C=O) groups is 1. The number of thiophene rings is 1. The summed E-state index contributed by atoms with van der Waals surface area (Å²) in [7, 11) is 4.88. The van der Waals surface area contributed by atoms with Crippen molar-refractivity contribution in [2.24, 2.45) is 16.9 Å². The van der Waals surface area contributed by atoms with E-state index in [9.17, 15) is 9.59 Å². The van der Waals surface area contributed by atoms with Crippen molar-refractivity contribution in [3.8, 4) is 22.9 Å². The molecule has 4 atom stereocenters. The number of carbonyl (C=O) groups excluding carboxylic acids is 1. The van der Waals surface area contributed by atoms with E-state index in [4.69, 9.17) is 35.9 Å². The number of fused-ring (bicyclic) bond motifs is 4. The van der Waals surface area contributed by atoms with Crippen LogP contribution in [-0.2, 0) is 17.6 Å². The fraction of sp³-hybridized carbons (Fsp3) is 0.349. The summed E-state index contributed by atoms with van der Waals surface area (Å²) in [6.45, 7) is 4.12. The zero-order chi connectivity index (χ0) is 38.4. The van der Waals surface area contributed by atoms with Crippen LogP contribution in [0.2, 0.25) is 5.02 Å². The predicted octanol–water partition coefficient (Wildman–Crippen LogP) is 9.55. The van der Waals surface area contributed by atoms with Gasteiger partial charge >= 0.3 is 0 Å². The first kappa shape index (κ1) is 37.3. The molecule has 0 saturated heterocycles. The molecule has 1 amide bonds. The number of ether oxygens (including phenoxy) is 3. The summed E-state index contributed by atoms with van der Waals surface area (Å²) < 4.78 is 18.2. The van der Waals surface area contributed by atoms with Crippen LogP contribution in [0.25, 0.3) is 22.0 Å². The van der Waals surface area contributed by atoms with E-state index in [2.05, 4.69) is 13.0 Å².